The molecule has 4 aromatic rings. The van der Waals surface area contributed by atoms with Gasteiger partial charge in [-0.3, -0.25) is 9.69 Å². The molecule has 1 amide bonds. The van der Waals surface area contributed by atoms with Crippen LogP contribution in [0.2, 0.25) is 0 Å². The summed E-state index contributed by atoms with van der Waals surface area (Å²) in [6, 6.07) is 23.1. The molecule has 0 aliphatic carbocycles. The van der Waals surface area contributed by atoms with Crippen LogP contribution < -0.4 is 4.90 Å². The van der Waals surface area contributed by atoms with Crippen molar-refractivity contribution in [2.45, 2.75) is 19.1 Å². The molecule has 0 saturated heterocycles. The first-order valence-corrected chi connectivity index (χ1v) is 11.9. The second-order valence-corrected chi connectivity index (χ2v) is 9.33. The fourth-order valence-corrected chi connectivity index (χ4v) is 4.48. The van der Waals surface area contributed by atoms with E-state index in [9.17, 15) is 9.18 Å². The molecule has 0 spiro atoms. The Hall–Kier alpha value is -4.04. The van der Waals surface area contributed by atoms with Crippen molar-refractivity contribution in [3.05, 3.63) is 107 Å². The Morgan fingerprint density at radius 3 is 2.40 bits per heavy atom. The van der Waals surface area contributed by atoms with Gasteiger partial charge in [-0.05, 0) is 61.9 Å². The number of aliphatic imine (C=N–C) groups is 1. The minimum absolute atomic E-state index is 0.285. The number of carbonyl (C=O) groups excluding carboxylic acids is 1. The molecule has 3 aromatic carbocycles. The van der Waals surface area contributed by atoms with Gasteiger partial charge in [0, 0.05) is 5.56 Å². The highest BCUT2D eigenvalue weighted by atomic mass is 32.2. The number of benzene rings is 3. The smallest absolute Gasteiger partial charge is 0.283 e. The third-order valence-corrected chi connectivity index (χ3v) is 6.43. The maximum Gasteiger partial charge on any atom is 0.283 e. The summed E-state index contributed by atoms with van der Waals surface area (Å²) >= 11 is 1.32. The maximum atomic E-state index is 13.6. The highest BCUT2D eigenvalue weighted by Gasteiger charge is 2.34. The van der Waals surface area contributed by atoms with Gasteiger partial charge in [0.1, 0.15) is 11.5 Å². The molecule has 0 fully saturated rings. The lowest BCUT2D eigenvalue weighted by Gasteiger charge is -2.19. The van der Waals surface area contributed by atoms with E-state index in [4.69, 9.17) is 4.42 Å². The van der Waals surface area contributed by atoms with Crippen LogP contribution in [0, 0.1) is 12.7 Å². The van der Waals surface area contributed by atoms with E-state index in [1.807, 2.05) is 68.4 Å². The number of carbonyl (C=O) groups is 1. The van der Waals surface area contributed by atoms with Gasteiger partial charge in [-0.1, -0.05) is 59.8 Å². The lowest BCUT2D eigenvalue weighted by molar-refractivity contribution is -0.113. The molecule has 0 radical (unpaired) electrons. The van der Waals surface area contributed by atoms with E-state index in [1.165, 1.54) is 28.8 Å². The third-order valence-electron chi connectivity index (χ3n) is 5.39. The molecule has 35 heavy (non-hydrogen) atoms. The van der Waals surface area contributed by atoms with Gasteiger partial charge in [0.2, 0.25) is 11.8 Å². The Morgan fingerprint density at radius 2 is 1.69 bits per heavy atom. The highest BCUT2D eigenvalue weighted by Crippen LogP contribution is 2.37. The number of thioether (sulfide) groups is 1. The molecule has 174 valence electrons. The normalized spacial score (nSPS) is 15.5. The van der Waals surface area contributed by atoms with Crippen LogP contribution in [0.25, 0.3) is 17.5 Å². The van der Waals surface area contributed by atoms with Crippen molar-refractivity contribution < 1.29 is 13.6 Å². The van der Waals surface area contributed by atoms with Crippen LogP contribution in [-0.4, -0.2) is 21.3 Å². The van der Waals surface area contributed by atoms with Crippen LogP contribution in [0.4, 0.5) is 10.1 Å². The van der Waals surface area contributed by atoms with Crippen LogP contribution in [0.5, 0.6) is 0 Å². The number of aryl methyl sites for hydroxylation is 1. The predicted molar refractivity (Wildman–Crippen MR) is 136 cm³/mol. The molecule has 1 aliphatic rings. The van der Waals surface area contributed by atoms with E-state index in [2.05, 4.69) is 15.2 Å². The van der Waals surface area contributed by atoms with E-state index in [0.717, 1.165) is 16.7 Å². The van der Waals surface area contributed by atoms with Gasteiger partial charge in [-0.15, -0.1) is 10.2 Å². The van der Waals surface area contributed by atoms with Gasteiger partial charge in [0.25, 0.3) is 5.91 Å². The average Bonchev–Trinajstić information content (AvgIpc) is 3.47. The summed E-state index contributed by atoms with van der Waals surface area (Å²) in [4.78, 5) is 19.4. The minimum Gasteiger partial charge on any atom is -0.419 e. The van der Waals surface area contributed by atoms with Crippen molar-refractivity contribution in [3.63, 3.8) is 0 Å². The van der Waals surface area contributed by atoms with E-state index in [1.54, 1.807) is 18.2 Å². The molecule has 1 aromatic heterocycles. The number of amides is 1. The topological polar surface area (TPSA) is 71.6 Å². The minimum atomic E-state index is -0.380. The molecular weight excluding hydrogens is 463 g/mol. The van der Waals surface area contributed by atoms with E-state index in [-0.39, 0.29) is 17.0 Å². The fraction of sp³-hybridized carbons (Fsp3) is 0.111. The molecule has 1 atom stereocenters. The first-order chi connectivity index (χ1) is 17.0. The lowest BCUT2D eigenvalue weighted by atomic mass is 10.1. The average molecular weight is 485 g/mol. The van der Waals surface area contributed by atoms with Crippen molar-refractivity contribution in [1.82, 2.24) is 10.2 Å². The standard InChI is InChI=1S/C27H21FN4O2S/c1-17-8-10-20(11-9-17)25-31-30-24(34-25)18(2)35-27-29-23(16-19-6-4-3-5-7-19)26(33)32(27)22-14-12-21(28)13-15-22/h3-16,18H,1-2H3/b23-16-. The van der Waals surface area contributed by atoms with Crippen LogP contribution >= 0.6 is 11.8 Å². The third kappa shape index (κ3) is 4.93. The number of aromatic nitrogens is 2. The van der Waals surface area contributed by atoms with Crippen LogP contribution in [0.3, 0.4) is 0 Å². The summed E-state index contributed by atoms with van der Waals surface area (Å²) in [5.41, 5.74) is 3.65. The molecule has 0 saturated carbocycles. The lowest BCUT2D eigenvalue weighted by Crippen LogP contribution is -2.30. The van der Waals surface area contributed by atoms with Crippen LogP contribution in [0.1, 0.15) is 29.2 Å². The molecule has 1 aliphatic heterocycles. The van der Waals surface area contributed by atoms with Crippen molar-refractivity contribution in [1.29, 1.82) is 0 Å². The quantitative estimate of drug-likeness (QED) is 0.306. The predicted octanol–water partition coefficient (Wildman–Crippen LogP) is 6.42. The summed E-state index contributed by atoms with van der Waals surface area (Å²) in [6.45, 7) is 3.92. The summed E-state index contributed by atoms with van der Waals surface area (Å²) in [5.74, 6) is 0.174. The molecular formula is C27H21FN4O2S. The largest absolute Gasteiger partial charge is 0.419 e. The number of hydrogen-bond acceptors (Lipinski definition) is 6. The summed E-state index contributed by atoms with van der Waals surface area (Å²) in [5, 5.41) is 8.56. The summed E-state index contributed by atoms with van der Waals surface area (Å²) in [6.07, 6.45) is 1.74. The Balaban J connectivity index is 1.44. The van der Waals surface area contributed by atoms with Crippen molar-refractivity contribution in [2.24, 2.45) is 4.99 Å². The second-order valence-electron chi connectivity index (χ2n) is 8.02. The molecule has 6 nitrogen and oxygen atoms in total. The van der Waals surface area contributed by atoms with E-state index >= 15 is 0 Å². The first kappa shape index (κ1) is 22.7. The highest BCUT2D eigenvalue weighted by molar-refractivity contribution is 8.14. The van der Waals surface area contributed by atoms with Crippen LogP contribution in [0.15, 0.2) is 94.0 Å². The van der Waals surface area contributed by atoms with Gasteiger partial charge < -0.3 is 4.42 Å². The molecule has 5 rings (SSSR count). The SMILES string of the molecule is Cc1ccc(-c2nnc(C(C)SC3=N/C(=C\c4ccccc4)C(=O)N3c3ccc(F)cc3)o2)cc1. The van der Waals surface area contributed by atoms with Gasteiger partial charge >= 0.3 is 0 Å². The zero-order chi connectivity index (χ0) is 24.4. The first-order valence-electron chi connectivity index (χ1n) is 11.0. The van der Waals surface area contributed by atoms with Crippen LogP contribution in [-0.2, 0) is 4.79 Å². The van der Waals surface area contributed by atoms with Gasteiger partial charge in [0.15, 0.2) is 5.17 Å². The second kappa shape index (κ2) is 9.68. The Labute approximate surface area is 206 Å². The molecule has 2 heterocycles. The Kier molecular flexibility index (Phi) is 6.29. The Bertz CT molecular complexity index is 1410. The fourth-order valence-electron chi connectivity index (χ4n) is 3.52. The van der Waals surface area contributed by atoms with E-state index in [0.29, 0.717) is 28.3 Å². The Morgan fingerprint density at radius 1 is 0.971 bits per heavy atom. The monoisotopic (exact) mass is 484 g/mol. The molecule has 0 bridgehead atoms. The zero-order valence-corrected chi connectivity index (χ0v) is 19.9. The van der Waals surface area contributed by atoms with Crippen molar-refractivity contribution in [3.8, 4) is 11.5 Å². The van der Waals surface area contributed by atoms with Gasteiger partial charge in [-0.25, -0.2) is 9.38 Å². The summed E-state index contributed by atoms with van der Waals surface area (Å²) in [7, 11) is 0. The van der Waals surface area contributed by atoms with Gasteiger partial charge in [0.05, 0.1) is 10.9 Å². The number of amidine groups is 1. The number of halogens is 1. The van der Waals surface area contributed by atoms with E-state index < -0.39 is 0 Å². The van der Waals surface area contributed by atoms with Crippen molar-refractivity contribution in [2.75, 3.05) is 4.90 Å². The molecule has 1 unspecified atom stereocenters. The zero-order valence-electron chi connectivity index (χ0n) is 19.1. The number of hydrogen-bond donors (Lipinski definition) is 0. The number of rotatable bonds is 5. The molecule has 8 heteroatoms. The van der Waals surface area contributed by atoms with Gasteiger partial charge in [-0.2, -0.15) is 0 Å². The van der Waals surface area contributed by atoms with Crippen molar-refractivity contribution >= 4 is 34.6 Å². The maximum absolute atomic E-state index is 13.6. The summed E-state index contributed by atoms with van der Waals surface area (Å²) < 4.78 is 19.5. The number of anilines is 1. The molecule has 0 N–H and O–H groups in total. The number of nitrogens with zero attached hydrogens (tertiary/aromatic N) is 4.